The van der Waals surface area contributed by atoms with Crippen molar-refractivity contribution in [3.8, 4) is 0 Å². The van der Waals surface area contributed by atoms with E-state index in [0.717, 1.165) is 43.1 Å². The highest BCUT2D eigenvalue weighted by atomic mass is 16.6. The Bertz CT molecular complexity index is 554. The van der Waals surface area contributed by atoms with Crippen molar-refractivity contribution in [2.45, 2.75) is 46.1 Å². The summed E-state index contributed by atoms with van der Waals surface area (Å²) >= 11 is 0. The van der Waals surface area contributed by atoms with Crippen LogP contribution >= 0.6 is 0 Å². The molecule has 1 amide bonds. The molecule has 0 unspecified atom stereocenters. The van der Waals surface area contributed by atoms with Crippen LogP contribution in [0.5, 0.6) is 0 Å². The van der Waals surface area contributed by atoms with Gasteiger partial charge in [0.25, 0.3) is 0 Å². The number of hydrogen-bond donors (Lipinski definition) is 1. The Kier molecular flexibility index (Phi) is 5.06. The minimum absolute atomic E-state index is 0.248. The van der Waals surface area contributed by atoms with Crippen LogP contribution in [-0.2, 0) is 18.2 Å². The molecule has 7 nitrogen and oxygen atoms in total. The summed E-state index contributed by atoms with van der Waals surface area (Å²) in [6, 6.07) is 0. The SMILES string of the molecule is CCCc1nn(C)c(N2CCN(C(=O)OC(C)(C)C)CC2)c1N. The number of nitrogens with two attached hydrogens (primary N) is 1. The highest BCUT2D eigenvalue weighted by Gasteiger charge is 2.28. The van der Waals surface area contributed by atoms with E-state index in [1.54, 1.807) is 4.90 Å². The molecule has 1 aliphatic heterocycles. The number of carbonyl (C=O) groups excluding carboxylic acids is 1. The van der Waals surface area contributed by atoms with Crippen LogP contribution in [0, 0.1) is 0 Å². The molecular formula is C16H29N5O2. The second-order valence-electron chi connectivity index (χ2n) is 7.01. The Hall–Kier alpha value is -1.92. The summed E-state index contributed by atoms with van der Waals surface area (Å²) < 4.78 is 7.28. The van der Waals surface area contributed by atoms with E-state index in [2.05, 4.69) is 16.9 Å². The normalized spacial score (nSPS) is 15.9. The predicted molar refractivity (Wildman–Crippen MR) is 91.6 cm³/mol. The lowest BCUT2D eigenvalue weighted by Crippen LogP contribution is -2.50. The summed E-state index contributed by atoms with van der Waals surface area (Å²) in [5.41, 5.74) is 7.53. The van der Waals surface area contributed by atoms with E-state index in [9.17, 15) is 4.79 Å². The maximum Gasteiger partial charge on any atom is 0.410 e. The second-order valence-corrected chi connectivity index (χ2v) is 7.01. The smallest absolute Gasteiger partial charge is 0.410 e. The van der Waals surface area contributed by atoms with Gasteiger partial charge in [0.15, 0.2) is 5.82 Å². The maximum absolute atomic E-state index is 12.1. The number of amides is 1. The van der Waals surface area contributed by atoms with Crippen molar-refractivity contribution < 1.29 is 9.53 Å². The Morgan fingerprint density at radius 3 is 2.39 bits per heavy atom. The Morgan fingerprint density at radius 2 is 1.87 bits per heavy atom. The Morgan fingerprint density at radius 1 is 1.26 bits per heavy atom. The zero-order chi connectivity index (χ0) is 17.2. The van der Waals surface area contributed by atoms with Crippen LogP contribution in [0.15, 0.2) is 0 Å². The molecule has 130 valence electrons. The molecule has 0 atom stereocenters. The van der Waals surface area contributed by atoms with Crippen molar-refractivity contribution in [3.05, 3.63) is 5.69 Å². The lowest BCUT2D eigenvalue weighted by atomic mass is 10.2. The molecule has 0 aliphatic carbocycles. The number of aryl methyl sites for hydroxylation is 2. The van der Waals surface area contributed by atoms with Gasteiger partial charge in [-0.3, -0.25) is 4.68 Å². The summed E-state index contributed by atoms with van der Waals surface area (Å²) in [7, 11) is 1.92. The number of carbonyl (C=O) groups is 1. The Balaban J connectivity index is 2.01. The largest absolute Gasteiger partial charge is 0.444 e. The molecule has 1 saturated heterocycles. The van der Waals surface area contributed by atoms with Crippen LogP contribution < -0.4 is 10.6 Å². The minimum atomic E-state index is -0.463. The van der Waals surface area contributed by atoms with Crippen LogP contribution in [0.3, 0.4) is 0 Å². The molecule has 1 aromatic rings. The first-order valence-corrected chi connectivity index (χ1v) is 8.27. The standard InChI is InChI=1S/C16H29N5O2/c1-6-7-12-13(17)14(19(5)18-12)20-8-10-21(11-9-20)15(22)23-16(2,3)4/h6-11,17H2,1-5H3. The molecule has 0 radical (unpaired) electrons. The van der Waals surface area contributed by atoms with Crippen LogP contribution in [0.1, 0.15) is 39.8 Å². The molecule has 0 aromatic carbocycles. The van der Waals surface area contributed by atoms with E-state index >= 15 is 0 Å². The lowest BCUT2D eigenvalue weighted by molar-refractivity contribution is 0.0240. The highest BCUT2D eigenvalue weighted by Crippen LogP contribution is 2.28. The van der Waals surface area contributed by atoms with Crippen LogP contribution in [0.25, 0.3) is 0 Å². The summed E-state index contributed by atoms with van der Waals surface area (Å²) in [6.07, 6.45) is 1.66. The molecule has 0 bridgehead atoms. The third-order valence-electron chi connectivity index (χ3n) is 3.85. The predicted octanol–water partition coefficient (Wildman–Crippen LogP) is 2.01. The van der Waals surface area contributed by atoms with Crippen molar-refractivity contribution in [1.82, 2.24) is 14.7 Å². The van der Waals surface area contributed by atoms with E-state index in [1.165, 1.54) is 0 Å². The van der Waals surface area contributed by atoms with Crippen molar-refractivity contribution in [2.24, 2.45) is 7.05 Å². The molecule has 0 spiro atoms. The van der Waals surface area contributed by atoms with Crippen molar-refractivity contribution in [1.29, 1.82) is 0 Å². The molecule has 1 aliphatic rings. The molecule has 1 fully saturated rings. The van der Waals surface area contributed by atoms with Gasteiger partial charge in [0.2, 0.25) is 0 Å². The maximum atomic E-state index is 12.1. The summed E-state index contributed by atoms with van der Waals surface area (Å²) in [5, 5.41) is 4.52. The van der Waals surface area contributed by atoms with Gasteiger partial charge in [0.1, 0.15) is 5.60 Å². The Labute approximate surface area is 138 Å². The second kappa shape index (κ2) is 6.68. The molecule has 2 rings (SSSR count). The topological polar surface area (TPSA) is 76.6 Å². The van der Waals surface area contributed by atoms with Gasteiger partial charge in [-0.2, -0.15) is 5.10 Å². The van der Waals surface area contributed by atoms with Gasteiger partial charge in [-0.25, -0.2) is 4.79 Å². The fraction of sp³-hybridized carbons (Fsp3) is 0.750. The first-order chi connectivity index (χ1) is 10.7. The fourth-order valence-corrected chi connectivity index (χ4v) is 2.81. The third kappa shape index (κ3) is 4.09. The highest BCUT2D eigenvalue weighted by molar-refractivity contribution is 5.70. The molecule has 2 N–H and O–H groups in total. The van der Waals surface area contributed by atoms with Crippen molar-refractivity contribution in [3.63, 3.8) is 0 Å². The first-order valence-electron chi connectivity index (χ1n) is 8.27. The van der Waals surface area contributed by atoms with Gasteiger partial charge >= 0.3 is 6.09 Å². The van der Waals surface area contributed by atoms with Gasteiger partial charge in [0.05, 0.1) is 11.4 Å². The molecule has 7 heteroatoms. The third-order valence-corrected chi connectivity index (χ3v) is 3.85. The number of piperazine rings is 1. The average Bonchev–Trinajstić information content (AvgIpc) is 2.72. The number of ether oxygens (including phenoxy) is 1. The van der Waals surface area contributed by atoms with E-state index in [0.29, 0.717) is 13.1 Å². The number of aromatic nitrogens is 2. The van der Waals surface area contributed by atoms with E-state index in [4.69, 9.17) is 10.5 Å². The number of nitrogen functional groups attached to an aromatic ring is 1. The molecular weight excluding hydrogens is 294 g/mol. The monoisotopic (exact) mass is 323 g/mol. The first kappa shape index (κ1) is 17.4. The molecule has 0 saturated carbocycles. The summed E-state index contributed by atoms with van der Waals surface area (Å²) in [5.74, 6) is 0.956. The van der Waals surface area contributed by atoms with Gasteiger partial charge < -0.3 is 20.3 Å². The minimum Gasteiger partial charge on any atom is -0.444 e. The summed E-state index contributed by atoms with van der Waals surface area (Å²) in [6.45, 7) is 10.5. The van der Waals surface area contributed by atoms with E-state index in [1.807, 2.05) is 32.5 Å². The zero-order valence-electron chi connectivity index (χ0n) is 14.9. The fourth-order valence-electron chi connectivity index (χ4n) is 2.81. The molecule has 23 heavy (non-hydrogen) atoms. The van der Waals surface area contributed by atoms with Gasteiger partial charge in [-0.1, -0.05) is 13.3 Å². The summed E-state index contributed by atoms with van der Waals surface area (Å²) in [4.78, 5) is 16.1. The number of rotatable bonds is 3. The van der Waals surface area contributed by atoms with Crippen molar-refractivity contribution >= 4 is 17.6 Å². The van der Waals surface area contributed by atoms with E-state index in [-0.39, 0.29) is 6.09 Å². The van der Waals surface area contributed by atoms with Gasteiger partial charge in [-0.05, 0) is 27.2 Å². The van der Waals surface area contributed by atoms with Crippen molar-refractivity contribution in [2.75, 3.05) is 36.8 Å². The lowest BCUT2D eigenvalue weighted by Gasteiger charge is -2.36. The van der Waals surface area contributed by atoms with Crippen LogP contribution in [-0.4, -0.2) is 52.6 Å². The van der Waals surface area contributed by atoms with Crippen LogP contribution in [0.2, 0.25) is 0 Å². The molecule has 2 heterocycles. The van der Waals surface area contributed by atoms with Gasteiger partial charge in [-0.15, -0.1) is 0 Å². The number of hydrogen-bond acceptors (Lipinski definition) is 5. The zero-order valence-corrected chi connectivity index (χ0v) is 14.9. The van der Waals surface area contributed by atoms with E-state index < -0.39 is 5.60 Å². The number of nitrogens with zero attached hydrogens (tertiary/aromatic N) is 4. The average molecular weight is 323 g/mol. The quantitative estimate of drug-likeness (QED) is 0.921. The van der Waals surface area contributed by atoms with Crippen LogP contribution in [0.4, 0.5) is 16.3 Å². The van der Waals surface area contributed by atoms with Gasteiger partial charge in [0, 0.05) is 33.2 Å². The molecule has 1 aromatic heterocycles. The number of anilines is 2.